The van der Waals surface area contributed by atoms with Gasteiger partial charge in [0.25, 0.3) is 0 Å². The highest BCUT2D eigenvalue weighted by Crippen LogP contribution is 2.31. The lowest BCUT2D eigenvalue weighted by atomic mass is 10.0. The van der Waals surface area contributed by atoms with E-state index in [-0.39, 0.29) is 5.91 Å². The van der Waals surface area contributed by atoms with Gasteiger partial charge < -0.3 is 9.47 Å². The van der Waals surface area contributed by atoms with Crippen molar-refractivity contribution in [2.24, 2.45) is 5.10 Å². The van der Waals surface area contributed by atoms with Crippen LogP contribution in [0.3, 0.4) is 0 Å². The molecule has 1 aliphatic heterocycles. The summed E-state index contributed by atoms with van der Waals surface area (Å²) in [6.07, 6.45) is 0. The molecule has 23 heavy (non-hydrogen) atoms. The summed E-state index contributed by atoms with van der Waals surface area (Å²) in [4.78, 5) is 11.2. The van der Waals surface area contributed by atoms with E-state index in [2.05, 4.69) is 10.5 Å². The van der Waals surface area contributed by atoms with Gasteiger partial charge in [-0.05, 0) is 30.3 Å². The third-order valence-corrected chi connectivity index (χ3v) is 3.51. The molecule has 0 radical (unpaired) electrons. The van der Waals surface area contributed by atoms with Crippen molar-refractivity contribution in [1.82, 2.24) is 5.43 Å². The van der Waals surface area contributed by atoms with Gasteiger partial charge in [0.1, 0.15) is 13.2 Å². The maximum absolute atomic E-state index is 11.2. The van der Waals surface area contributed by atoms with E-state index >= 15 is 0 Å². The van der Waals surface area contributed by atoms with Gasteiger partial charge in [0.15, 0.2) is 11.5 Å². The Hall–Kier alpha value is -2.53. The minimum atomic E-state index is -0.242. The molecule has 0 fully saturated rings. The number of nitrogens with zero attached hydrogens (tertiary/aromatic N) is 1. The molecule has 6 heteroatoms. The molecule has 2 aromatic rings. The van der Waals surface area contributed by atoms with Gasteiger partial charge in [-0.1, -0.05) is 23.7 Å². The topological polar surface area (TPSA) is 59.9 Å². The predicted molar refractivity (Wildman–Crippen MR) is 88.3 cm³/mol. The highest BCUT2D eigenvalue weighted by atomic mass is 35.5. The minimum Gasteiger partial charge on any atom is -0.486 e. The summed E-state index contributed by atoms with van der Waals surface area (Å²) in [5.41, 5.74) is 4.74. The van der Waals surface area contributed by atoms with Gasteiger partial charge in [-0.2, -0.15) is 5.10 Å². The number of ether oxygens (including phenoxy) is 2. The van der Waals surface area contributed by atoms with E-state index in [1.54, 1.807) is 12.1 Å². The number of nitrogens with one attached hydrogen (secondary N) is 1. The molecular formula is C17H15ClN2O3. The maximum atomic E-state index is 11.2. The normalized spacial score (nSPS) is 13.6. The number of fused-ring (bicyclic) bond motifs is 1. The molecular weight excluding hydrogens is 316 g/mol. The number of amides is 1. The number of halogens is 1. The molecule has 0 saturated carbocycles. The molecule has 0 saturated heterocycles. The van der Waals surface area contributed by atoms with Crippen molar-refractivity contribution in [2.75, 3.05) is 13.2 Å². The molecule has 118 valence electrons. The molecule has 0 atom stereocenters. The number of benzene rings is 2. The Labute approximate surface area is 138 Å². The van der Waals surface area contributed by atoms with Gasteiger partial charge in [-0.15, -0.1) is 0 Å². The molecule has 0 aromatic heterocycles. The van der Waals surface area contributed by atoms with Gasteiger partial charge in [0, 0.05) is 23.1 Å². The van der Waals surface area contributed by atoms with Crippen molar-refractivity contribution in [3.8, 4) is 11.5 Å². The Morgan fingerprint density at radius 2 is 1.70 bits per heavy atom. The Bertz CT molecular complexity index is 757. The van der Waals surface area contributed by atoms with Crippen molar-refractivity contribution in [1.29, 1.82) is 0 Å². The fourth-order valence-corrected chi connectivity index (χ4v) is 2.35. The first-order valence-electron chi connectivity index (χ1n) is 7.14. The van der Waals surface area contributed by atoms with Crippen LogP contribution in [0.2, 0.25) is 5.02 Å². The highest BCUT2D eigenvalue weighted by molar-refractivity contribution is 6.30. The lowest BCUT2D eigenvalue weighted by molar-refractivity contribution is -0.118. The number of hydrazone groups is 1. The number of carbonyl (C=O) groups excluding carboxylic acids is 1. The summed E-state index contributed by atoms with van der Waals surface area (Å²) < 4.78 is 11.1. The quantitative estimate of drug-likeness (QED) is 0.695. The van der Waals surface area contributed by atoms with Crippen LogP contribution in [0.15, 0.2) is 47.6 Å². The van der Waals surface area contributed by atoms with Crippen LogP contribution in [0, 0.1) is 0 Å². The Kier molecular flexibility index (Phi) is 4.48. The Balaban J connectivity index is 2.02. The van der Waals surface area contributed by atoms with Crippen LogP contribution in [0.1, 0.15) is 18.1 Å². The van der Waals surface area contributed by atoms with Crippen LogP contribution in [0.4, 0.5) is 0 Å². The molecule has 0 aliphatic carbocycles. The summed E-state index contributed by atoms with van der Waals surface area (Å²) in [6.45, 7) is 2.46. The first kappa shape index (κ1) is 15.4. The third kappa shape index (κ3) is 3.63. The monoisotopic (exact) mass is 330 g/mol. The van der Waals surface area contributed by atoms with E-state index in [0.29, 0.717) is 35.4 Å². The fourth-order valence-electron chi connectivity index (χ4n) is 2.23. The largest absolute Gasteiger partial charge is 0.486 e. The maximum Gasteiger partial charge on any atom is 0.236 e. The van der Waals surface area contributed by atoms with Gasteiger partial charge >= 0.3 is 0 Å². The Morgan fingerprint density at radius 1 is 1.04 bits per heavy atom. The van der Waals surface area contributed by atoms with Crippen LogP contribution < -0.4 is 14.9 Å². The lowest BCUT2D eigenvalue weighted by Crippen LogP contribution is -2.18. The van der Waals surface area contributed by atoms with Crippen molar-refractivity contribution in [3.05, 3.63) is 58.6 Å². The van der Waals surface area contributed by atoms with E-state index in [1.165, 1.54) is 6.92 Å². The highest BCUT2D eigenvalue weighted by Gasteiger charge is 2.15. The lowest BCUT2D eigenvalue weighted by Gasteiger charge is -2.19. The second kappa shape index (κ2) is 6.71. The summed E-state index contributed by atoms with van der Waals surface area (Å²) in [7, 11) is 0. The number of hydrogen-bond acceptors (Lipinski definition) is 4. The molecule has 5 nitrogen and oxygen atoms in total. The van der Waals surface area contributed by atoms with Crippen LogP contribution in [0.5, 0.6) is 11.5 Å². The van der Waals surface area contributed by atoms with Crippen molar-refractivity contribution >= 4 is 23.2 Å². The molecule has 1 heterocycles. The van der Waals surface area contributed by atoms with Gasteiger partial charge in [-0.25, -0.2) is 5.43 Å². The summed E-state index contributed by atoms with van der Waals surface area (Å²) in [5, 5.41) is 4.85. The molecule has 0 unspecified atom stereocenters. The zero-order valence-electron chi connectivity index (χ0n) is 12.5. The molecule has 2 aromatic carbocycles. The number of carbonyl (C=O) groups is 1. The molecule has 3 rings (SSSR count). The zero-order valence-corrected chi connectivity index (χ0v) is 13.3. The van der Waals surface area contributed by atoms with Crippen molar-refractivity contribution in [3.63, 3.8) is 0 Å². The summed E-state index contributed by atoms with van der Waals surface area (Å²) in [5.74, 6) is 1.13. The Morgan fingerprint density at radius 3 is 2.39 bits per heavy atom. The molecule has 1 aliphatic rings. The first-order chi connectivity index (χ1) is 11.1. The fraction of sp³-hybridized carbons (Fsp3) is 0.176. The van der Waals surface area contributed by atoms with Crippen molar-refractivity contribution < 1.29 is 14.3 Å². The molecule has 1 amide bonds. The average molecular weight is 331 g/mol. The van der Waals surface area contributed by atoms with Gasteiger partial charge in [0.2, 0.25) is 5.91 Å². The first-order valence-corrected chi connectivity index (χ1v) is 7.51. The predicted octanol–water partition coefficient (Wildman–Crippen LogP) is 3.00. The SMILES string of the molecule is CC(=O)NN=C(c1ccc(Cl)cc1)c1ccc2c(c1)OCCO2. The minimum absolute atomic E-state index is 0.242. The summed E-state index contributed by atoms with van der Waals surface area (Å²) in [6, 6.07) is 12.8. The second-order valence-electron chi connectivity index (χ2n) is 4.99. The van der Waals surface area contributed by atoms with E-state index in [4.69, 9.17) is 21.1 Å². The summed E-state index contributed by atoms with van der Waals surface area (Å²) >= 11 is 5.94. The van der Waals surface area contributed by atoms with Crippen LogP contribution in [-0.4, -0.2) is 24.8 Å². The molecule has 0 spiro atoms. The standard InChI is InChI=1S/C17H15ClN2O3/c1-11(21)19-20-17(12-2-5-14(18)6-3-12)13-4-7-15-16(10-13)23-9-8-22-15/h2-7,10H,8-9H2,1H3,(H,19,21). The second-order valence-corrected chi connectivity index (χ2v) is 5.43. The van der Waals surface area contributed by atoms with Crippen molar-refractivity contribution in [2.45, 2.75) is 6.92 Å². The van der Waals surface area contributed by atoms with Crippen LogP contribution in [0.25, 0.3) is 0 Å². The van der Waals surface area contributed by atoms with Crippen LogP contribution >= 0.6 is 11.6 Å². The smallest absolute Gasteiger partial charge is 0.236 e. The average Bonchev–Trinajstić information content (AvgIpc) is 2.56. The molecule has 1 N–H and O–H groups in total. The third-order valence-electron chi connectivity index (χ3n) is 3.26. The number of rotatable bonds is 3. The van der Waals surface area contributed by atoms with E-state index < -0.39 is 0 Å². The van der Waals surface area contributed by atoms with E-state index in [9.17, 15) is 4.79 Å². The van der Waals surface area contributed by atoms with Gasteiger partial charge in [0.05, 0.1) is 5.71 Å². The molecule has 0 bridgehead atoms. The van der Waals surface area contributed by atoms with E-state index in [1.807, 2.05) is 30.3 Å². The van der Waals surface area contributed by atoms with Gasteiger partial charge in [-0.3, -0.25) is 4.79 Å². The zero-order chi connectivity index (χ0) is 16.2. The van der Waals surface area contributed by atoms with Crippen LogP contribution in [-0.2, 0) is 4.79 Å². The number of hydrogen-bond donors (Lipinski definition) is 1. The van der Waals surface area contributed by atoms with E-state index in [0.717, 1.165) is 11.1 Å².